The Kier molecular flexibility index (Phi) is 5.36. The molecule has 2 rings (SSSR count). The zero-order chi connectivity index (χ0) is 15.1. The Labute approximate surface area is 126 Å². The number of hydrogen-bond donors (Lipinski definition) is 1. The van der Waals surface area contributed by atoms with Crippen molar-refractivity contribution < 1.29 is 0 Å². The number of anilines is 1. The van der Waals surface area contributed by atoms with E-state index in [1.807, 2.05) is 36.4 Å². The summed E-state index contributed by atoms with van der Waals surface area (Å²) < 4.78 is 0. The Balaban J connectivity index is 2.10. The first-order chi connectivity index (χ1) is 10.2. The molecular weight excluding hydrogens is 258 g/mol. The number of nitrogens with two attached hydrogens (primary N) is 1. The van der Waals surface area contributed by atoms with Gasteiger partial charge in [-0.15, -0.1) is 0 Å². The van der Waals surface area contributed by atoms with Gasteiger partial charge in [0.05, 0.1) is 11.6 Å². The van der Waals surface area contributed by atoms with Crippen LogP contribution in [-0.4, -0.2) is 11.4 Å². The largest absolute Gasteiger partial charge is 0.399 e. The number of nitrogens with zero attached hydrogens (tertiary/aromatic N) is 2. The zero-order valence-corrected chi connectivity index (χ0v) is 12.4. The maximum Gasteiger partial charge on any atom is 0.0991 e. The van der Waals surface area contributed by atoms with Gasteiger partial charge in [0, 0.05) is 18.8 Å². The third-order valence-corrected chi connectivity index (χ3v) is 3.36. The van der Waals surface area contributed by atoms with Crippen LogP contribution in [0.1, 0.15) is 30.0 Å². The smallest absolute Gasteiger partial charge is 0.0991 e. The highest BCUT2D eigenvalue weighted by atomic mass is 15.1. The SMILES string of the molecule is CCCN(Cc1cccc(N)c1)Cc1cccc(C#N)c1. The molecule has 2 aromatic rings. The van der Waals surface area contributed by atoms with Gasteiger partial charge in [0.1, 0.15) is 0 Å². The molecule has 108 valence electrons. The van der Waals surface area contributed by atoms with Gasteiger partial charge in [-0.05, 0) is 48.4 Å². The maximum atomic E-state index is 8.99. The van der Waals surface area contributed by atoms with E-state index in [9.17, 15) is 0 Å². The Morgan fingerprint density at radius 3 is 2.33 bits per heavy atom. The topological polar surface area (TPSA) is 53.0 Å². The summed E-state index contributed by atoms with van der Waals surface area (Å²) in [7, 11) is 0. The fraction of sp³-hybridized carbons (Fsp3) is 0.278. The van der Waals surface area contributed by atoms with Gasteiger partial charge in [0.25, 0.3) is 0 Å². The van der Waals surface area contributed by atoms with Gasteiger partial charge in [-0.2, -0.15) is 5.26 Å². The molecule has 3 heteroatoms. The summed E-state index contributed by atoms with van der Waals surface area (Å²) >= 11 is 0. The van der Waals surface area contributed by atoms with Crippen molar-refractivity contribution in [1.82, 2.24) is 4.90 Å². The van der Waals surface area contributed by atoms with Gasteiger partial charge < -0.3 is 5.73 Å². The van der Waals surface area contributed by atoms with E-state index in [1.54, 1.807) is 0 Å². The monoisotopic (exact) mass is 279 g/mol. The fourth-order valence-corrected chi connectivity index (χ4v) is 2.48. The summed E-state index contributed by atoms with van der Waals surface area (Å²) in [6.07, 6.45) is 1.10. The van der Waals surface area contributed by atoms with Crippen molar-refractivity contribution in [3.8, 4) is 6.07 Å². The van der Waals surface area contributed by atoms with Crippen molar-refractivity contribution in [2.45, 2.75) is 26.4 Å². The Bertz CT molecular complexity index is 628. The molecule has 0 spiro atoms. The minimum Gasteiger partial charge on any atom is -0.399 e. The fourth-order valence-electron chi connectivity index (χ4n) is 2.48. The highest BCUT2D eigenvalue weighted by Gasteiger charge is 2.07. The van der Waals surface area contributed by atoms with E-state index in [4.69, 9.17) is 11.0 Å². The molecule has 0 fully saturated rings. The number of hydrogen-bond acceptors (Lipinski definition) is 3. The molecule has 0 amide bonds. The number of benzene rings is 2. The van der Waals surface area contributed by atoms with Crippen LogP contribution in [0, 0.1) is 11.3 Å². The average molecular weight is 279 g/mol. The van der Waals surface area contributed by atoms with Gasteiger partial charge in [0.2, 0.25) is 0 Å². The van der Waals surface area contributed by atoms with Crippen LogP contribution in [0.15, 0.2) is 48.5 Å². The summed E-state index contributed by atoms with van der Waals surface area (Å²) in [5, 5.41) is 8.99. The molecule has 21 heavy (non-hydrogen) atoms. The molecule has 0 unspecified atom stereocenters. The molecule has 0 aliphatic rings. The number of nitriles is 1. The average Bonchev–Trinajstić information content (AvgIpc) is 2.48. The third kappa shape index (κ3) is 4.62. The predicted molar refractivity (Wildman–Crippen MR) is 86.4 cm³/mol. The van der Waals surface area contributed by atoms with E-state index in [0.29, 0.717) is 5.56 Å². The molecule has 0 saturated carbocycles. The molecule has 0 bridgehead atoms. The van der Waals surface area contributed by atoms with E-state index < -0.39 is 0 Å². The third-order valence-electron chi connectivity index (χ3n) is 3.36. The highest BCUT2D eigenvalue weighted by molar-refractivity contribution is 5.40. The molecule has 0 aliphatic heterocycles. The minimum atomic E-state index is 0.716. The quantitative estimate of drug-likeness (QED) is 0.823. The van der Waals surface area contributed by atoms with Gasteiger partial charge in [-0.1, -0.05) is 31.2 Å². The van der Waals surface area contributed by atoms with E-state index in [-0.39, 0.29) is 0 Å². The van der Waals surface area contributed by atoms with E-state index in [2.05, 4.69) is 30.0 Å². The second-order valence-corrected chi connectivity index (χ2v) is 5.27. The van der Waals surface area contributed by atoms with E-state index >= 15 is 0 Å². The van der Waals surface area contributed by atoms with E-state index in [0.717, 1.165) is 31.7 Å². The highest BCUT2D eigenvalue weighted by Crippen LogP contribution is 2.14. The van der Waals surface area contributed by atoms with Crippen LogP contribution in [0.25, 0.3) is 0 Å². The lowest BCUT2D eigenvalue weighted by Crippen LogP contribution is -2.23. The molecule has 3 nitrogen and oxygen atoms in total. The lowest BCUT2D eigenvalue weighted by molar-refractivity contribution is 0.257. The van der Waals surface area contributed by atoms with Crippen LogP contribution in [0.4, 0.5) is 5.69 Å². The lowest BCUT2D eigenvalue weighted by atomic mass is 10.1. The van der Waals surface area contributed by atoms with Crippen molar-refractivity contribution >= 4 is 5.69 Å². The van der Waals surface area contributed by atoms with Crippen molar-refractivity contribution in [3.05, 3.63) is 65.2 Å². The van der Waals surface area contributed by atoms with Crippen LogP contribution in [0.3, 0.4) is 0 Å². The van der Waals surface area contributed by atoms with Crippen molar-refractivity contribution in [3.63, 3.8) is 0 Å². The summed E-state index contributed by atoms with van der Waals surface area (Å²) in [6.45, 7) is 4.91. The first kappa shape index (κ1) is 15.1. The van der Waals surface area contributed by atoms with Crippen LogP contribution >= 0.6 is 0 Å². The van der Waals surface area contributed by atoms with Gasteiger partial charge in [-0.25, -0.2) is 0 Å². The summed E-state index contributed by atoms with van der Waals surface area (Å²) in [6, 6.07) is 18.0. The number of rotatable bonds is 6. The normalized spacial score (nSPS) is 10.5. The van der Waals surface area contributed by atoms with Gasteiger partial charge >= 0.3 is 0 Å². The molecule has 2 N–H and O–H groups in total. The molecular formula is C18H21N3. The van der Waals surface area contributed by atoms with Crippen molar-refractivity contribution in [2.75, 3.05) is 12.3 Å². The Morgan fingerprint density at radius 1 is 1.05 bits per heavy atom. The molecule has 0 radical (unpaired) electrons. The molecule has 0 heterocycles. The molecule has 0 aromatic heterocycles. The Morgan fingerprint density at radius 2 is 1.71 bits per heavy atom. The lowest BCUT2D eigenvalue weighted by Gasteiger charge is -2.22. The second-order valence-electron chi connectivity index (χ2n) is 5.27. The first-order valence-corrected chi connectivity index (χ1v) is 7.27. The van der Waals surface area contributed by atoms with Gasteiger partial charge in [0.15, 0.2) is 0 Å². The van der Waals surface area contributed by atoms with Gasteiger partial charge in [-0.3, -0.25) is 4.90 Å². The van der Waals surface area contributed by atoms with Crippen LogP contribution < -0.4 is 5.73 Å². The van der Waals surface area contributed by atoms with Crippen LogP contribution in [-0.2, 0) is 13.1 Å². The molecule has 0 saturated heterocycles. The molecule has 0 aliphatic carbocycles. The van der Waals surface area contributed by atoms with Crippen LogP contribution in [0.5, 0.6) is 0 Å². The zero-order valence-electron chi connectivity index (χ0n) is 12.4. The molecule has 2 aromatic carbocycles. The summed E-state index contributed by atoms with van der Waals surface area (Å²) in [5.41, 5.74) is 9.76. The van der Waals surface area contributed by atoms with Crippen molar-refractivity contribution in [2.24, 2.45) is 0 Å². The first-order valence-electron chi connectivity index (χ1n) is 7.27. The number of nitrogen functional groups attached to an aromatic ring is 1. The minimum absolute atomic E-state index is 0.716. The van der Waals surface area contributed by atoms with Crippen LogP contribution in [0.2, 0.25) is 0 Å². The molecule has 0 atom stereocenters. The maximum absolute atomic E-state index is 8.99. The summed E-state index contributed by atoms with van der Waals surface area (Å²) in [4.78, 5) is 2.38. The standard InChI is InChI=1S/C18H21N3/c1-2-9-21(14-17-7-4-8-18(20)11-17)13-16-6-3-5-15(10-16)12-19/h3-8,10-11H,2,9,13-14,20H2,1H3. The second kappa shape index (κ2) is 7.47. The Hall–Kier alpha value is -2.31. The predicted octanol–water partition coefficient (Wildman–Crippen LogP) is 3.55. The van der Waals surface area contributed by atoms with Crippen molar-refractivity contribution in [1.29, 1.82) is 5.26 Å². The van der Waals surface area contributed by atoms with E-state index in [1.165, 1.54) is 11.1 Å². The summed E-state index contributed by atoms with van der Waals surface area (Å²) in [5.74, 6) is 0.